The lowest BCUT2D eigenvalue weighted by atomic mass is 9.98. The van der Waals surface area contributed by atoms with Gasteiger partial charge in [-0.05, 0) is 45.4 Å². The molecule has 4 rings (SSSR count). The second-order valence-electron chi connectivity index (χ2n) is 10.4. The van der Waals surface area contributed by atoms with Crippen LogP contribution in [0, 0.1) is 0 Å². The standard InChI is InChI=1S/C29H35FN3O9P/c1-19(2)40-26(35)20(3)32-43(37,42-22-13-9-6-10-14-22)39-18-23-25(34)29(4,30)27(41-23)33-16-15-24(31-28(33)36)38-17-21-11-7-5-8-12-21/h5-16,19-20,23,25,27,34H,17-18H2,1-4H3,(H,32,37)/t20-,23+,25+,27+,29+,43-/m0/s1. The lowest BCUT2D eigenvalue weighted by Crippen LogP contribution is -2.43. The van der Waals surface area contributed by atoms with Gasteiger partial charge in [-0.15, -0.1) is 0 Å². The fourth-order valence-corrected chi connectivity index (χ4v) is 5.75. The Morgan fingerprint density at radius 2 is 1.79 bits per heavy atom. The van der Waals surface area contributed by atoms with E-state index in [0.717, 1.165) is 17.1 Å². The number of nitrogens with one attached hydrogen (secondary N) is 1. The van der Waals surface area contributed by atoms with E-state index in [1.54, 1.807) is 32.0 Å². The molecule has 0 spiro atoms. The van der Waals surface area contributed by atoms with E-state index in [1.165, 1.54) is 31.3 Å². The second-order valence-corrected chi connectivity index (χ2v) is 12.1. The molecule has 232 valence electrons. The minimum Gasteiger partial charge on any atom is -0.473 e. The van der Waals surface area contributed by atoms with E-state index in [9.17, 15) is 19.3 Å². The lowest BCUT2D eigenvalue weighted by Gasteiger charge is -2.25. The number of esters is 1. The van der Waals surface area contributed by atoms with Gasteiger partial charge in [-0.25, -0.2) is 13.8 Å². The third kappa shape index (κ3) is 8.27. The van der Waals surface area contributed by atoms with Gasteiger partial charge in [-0.2, -0.15) is 10.1 Å². The number of halogens is 1. The summed E-state index contributed by atoms with van der Waals surface area (Å²) in [6.07, 6.45) is -3.95. The zero-order chi connectivity index (χ0) is 31.2. The van der Waals surface area contributed by atoms with Crippen LogP contribution in [0.15, 0.2) is 77.7 Å². The fraction of sp³-hybridized carbons (Fsp3) is 0.414. The third-order valence-corrected chi connectivity index (χ3v) is 8.08. The van der Waals surface area contributed by atoms with Crippen molar-refractivity contribution >= 4 is 13.7 Å². The van der Waals surface area contributed by atoms with Crippen LogP contribution in [-0.2, 0) is 30.0 Å². The fourth-order valence-electron chi connectivity index (χ4n) is 4.24. The number of hydrogen-bond donors (Lipinski definition) is 2. The number of aromatic nitrogens is 2. The number of hydrogen-bond acceptors (Lipinski definition) is 10. The number of carbonyl (C=O) groups excluding carboxylic acids is 1. The number of benzene rings is 2. The van der Waals surface area contributed by atoms with Gasteiger partial charge in [-0.1, -0.05) is 48.5 Å². The zero-order valence-electron chi connectivity index (χ0n) is 24.2. The van der Waals surface area contributed by atoms with E-state index in [1.807, 2.05) is 30.3 Å². The van der Waals surface area contributed by atoms with E-state index in [4.69, 9.17) is 23.3 Å². The molecular formula is C29H35FN3O9P. The SMILES string of the molecule is CC(C)OC(=O)[C@H](C)N[P@](=O)(OC[C@H]1O[C@@H](n2ccc(OCc3ccccc3)nc2=O)[C@](C)(F)[C@@H]1O)Oc1ccccc1. The molecule has 1 aliphatic heterocycles. The Morgan fingerprint density at radius 1 is 1.14 bits per heavy atom. The number of rotatable bonds is 13. The van der Waals surface area contributed by atoms with Gasteiger partial charge in [0.05, 0.1) is 12.7 Å². The minimum atomic E-state index is -4.32. The summed E-state index contributed by atoms with van der Waals surface area (Å²) in [5.41, 5.74) is -2.48. The first-order valence-corrected chi connectivity index (χ1v) is 15.2. The molecule has 14 heteroatoms. The largest absolute Gasteiger partial charge is 0.473 e. The highest BCUT2D eigenvalue weighted by Crippen LogP contribution is 2.47. The van der Waals surface area contributed by atoms with Crippen molar-refractivity contribution in [2.75, 3.05) is 6.61 Å². The number of para-hydroxylation sites is 1. The molecule has 0 saturated carbocycles. The summed E-state index contributed by atoms with van der Waals surface area (Å²) in [4.78, 5) is 29.0. The number of carbonyl (C=O) groups is 1. The zero-order valence-corrected chi connectivity index (χ0v) is 25.1. The van der Waals surface area contributed by atoms with Crippen molar-refractivity contribution in [1.29, 1.82) is 0 Å². The first-order chi connectivity index (χ1) is 20.4. The maximum Gasteiger partial charge on any atom is 0.459 e. The second kappa shape index (κ2) is 13.8. The van der Waals surface area contributed by atoms with E-state index < -0.39 is 62.3 Å². The highest BCUT2D eigenvalue weighted by molar-refractivity contribution is 7.52. The van der Waals surface area contributed by atoms with Gasteiger partial charge < -0.3 is 23.8 Å². The summed E-state index contributed by atoms with van der Waals surface area (Å²) < 4.78 is 58.0. The van der Waals surface area contributed by atoms with Gasteiger partial charge in [0, 0.05) is 12.3 Å². The molecule has 2 N–H and O–H groups in total. The maximum atomic E-state index is 15.8. The molecule has 43 heavy (non-hydrogen) atoms. The van der Waals surface area contributed by atoms with Crippen LogP contribution in [-0.4, -0.2) is 57.3 Å². The monoisotopic (exact) mass is 619 g/mol. The summed E-state index contributed by atoms with van der Waals surface area (Å²) in [6, 6.07) is 17.6. The van der Waals surface area contributed by atoms with Crippen LogP contribution in [0.2, 0.25) is 0 Å². The van der Waals surface area contributed by atoms with Gasteiger partial charge in [0.25, 0.3) is 0 Å². The molecule has 0 unspecified atom stereocenters. The Morgan fingerprint density at radius 3 is 2.42 bits per heavy atom. The van der Waals surface area contributed by atoms with Crippen molar-refractivity contribution in [3.8, 4) is 11.6 Å². The summed E-state index contributed by atoms with van der Waals surface area (Å²) in [5, 5.41) is 13.3. The molecule has 1 saturated heterocycles. The van der Waals surface area contributed by atoms with Crippen LogP contribution in [0.5, 0.6) is 11.6 Å². The van der Waals surface area contributed by atoms with Gasteiger partial charge in [0.15, 0.2) is 11.9 Å². The smallest absolute Gasteiger partial charge is 0.459 e. The minimum absolute atomic E-state index is 0.0271. The van der Waals surface area contributed by atoms with Crippen molar-refractivity contribution in [2.24, 2.45) is 0 Å². The molecule has 2 heterocycles. The Bertz CT molecular complexity index is 1470. The molecule has 1 aliphatic rings. The van der Waals surface area contributed by atoms with E-state index in [-0.39, 0.29) is 18.2 Å². The molecule has 0 bridgehead atoms. The first-order valence-electron chi connectivity index (χ1n) is 13.6. The van der Waals surface area contributed by atoms with Crippen molar-refractivity contribution < 1.29 is 42.1 Å². The predicted octanol–water partition coefficient (Wildman–Crippen LogP) is 3.94. The first kappa shape index (κ1) is 32.3. The Labute approximate surface area is 248 Å². The van der Waals surface area contributed by atoms with Gasteiger partial charge in [0.2, 0.25) is 5.88 Å². The Kier molecular flexibility index (Phi) is 10.4. The highest BCUT2D eigenvalue weighted by atomic mass is 31.2. The topological polar surface area (TPSA) is 147 Å². The Hall–Kier alpha value is -3.61. The molecule has 0 amide bonds. The van der Waals surface area contributed by atoms with E-state index in [2.05, 4.69) is 10.1 Å². The van der Waals surface area contributed by atoms with Crippen molar-refractivity contribution in [2.45, 2.75) is 70.6 Å². The van der Waals surface area contributed by atoms with Crippen LogP contribution in [0.4, 0.5) is 4.39 Å². The lowest BCUT2D eigenvalue weighted by molar-refractivity contribution is -0.149. The number of aliphatic hydroxyl groups excluding tert-OH is 1. The highest BCUT2D eigenvalue weighted by Gasteiger charge is 2.56. The molecule has 2 aromatic carbocycles. The Balaban J connectivity index is 1.47. The molecule has 3 aromatic rings. The van der Waals surface area contributed by atoms with Crippen LogP contribution >= 0.6 is 7.75 Å². The molecular weight excluding hydrogens is 584 g/mol. The normalized spacial score (nSPS) is 23.8. The summed E-state index contributed by atoms with van der Waals surface area (Å²) in [6.45, 7) is 5.35. The van der Waals surface area contributed by atoms with Crippen LogP contribution in [0.25, 0.3) is 0 Å². The van der Waals surface area contributed by atoms with Gasteiger partial charge in [-0.3, -0.25) is 13.9 Å². The van der Waals surface area contributed by atoms with Gasteiger partial charge >= 0.3 is 19.4 Å². The average molecular weight is 620 g/mol. The van der Waals surface area contributed by atoms with E-state index in [0.29, 0.717) is 0 Å². The molecule has 0 radical (unpaired) electrons. The number of aliphatic hydroxyl groups is 1. The third-order valence-electron chi connectivity index (χ3n) is 6.44. The number of alkyl halides is 1. The number of nitrogens with zero attached hydrogens (tertiary/aromatic N) is 2. The summed E-state index contributed by atoms with van der Waals surface area (Å²) in [5.74, 6) is -0.512. The molecule has 12 nitrogen and oxygen atoms in total. The molecule has 1 fully saturated rings. The molecule has 0 aliphatic carbocycles. The summed E-state index contributed by atoms with van der Waals surface area (Å²) in [7, 11) is -4.32. The average Bonchev–Trinajstić information content (AvgIpc) is 3.19. The van der Waals surface area contributed by atoms with Crippen LogP contribution in [0.3, 0.4) is 0 Å². The van der Waals surface area contributed by atoms with Gasteiger partial charge in [0.1, 0.15) is 30.6 Å². The predicted molar refractivity (Wildman–Crippen MR) is 153 cm³/mol. The maximum absolute atomic E-state index is 15.8. The van der Waals surface area contributed by atoms with Crippen molar-refractivity contribution in [3.63, 3.8) is 0 Å². The quantitative estimate of drug-likeness (QED) is 0.212. The number of ether oxygens (including phenoxy) is 3. The van der Waals surface area contributed by atoms with Crippen molar-refractivity contribution in [3.05, 3.63) is 89.0 Å². The van der Waals surface area contributed by atoms with Crippen molar-refractivity contribution in [1.82, 2.24) is 14.6 Å². The molecule has 6 atom stereocenters. The van der Waals surface area contributed by atoms with E-state index >= 15 is 4.39 Å². The van der Waals surface area contributed by atoms with Crippen LogP contribution < -0.4 is 20.0 Å². The molecule has 1 aromatic heterocycles. The van der Waals surface area contributed by atoms with Crippen LogP contribution in [0.1, 0.15) is 39.5 Å². The summed E-state index contributed by atoms with van der Waals surface area (Å²) >= 11 is 0.